The van der Waals surface area contributed by atoms with Gasteiger partial charge in [0.25, 0.3) is 0 Å². The average Bonchev–Trinajstić information content (AvgIpc) is 2.31. The van der Waals surface area contributed by atoms with Gasteiger partial charge in [0.2, 0.25) is 0 Å². The minimum absolute atomic E-state index is 0.179. The molecule has 1 aliphatic rings. The van der Waals surface area contributed by atoms with Gasteiger partial charge >= 0.3 is 11.4 Å². The van der Waals surface area contributed by atoms with Crippen molar-refractivity contribution in [2.24, 2.45) is 0 Å². The van der Waals surface area contributed by atoms with Gasteiger partial charge in [0.15, 0.2) is 0 Å². The molecule has 1 aliphatic heterocycles. The number of aromatic nitrogens is 1. The number of hydrogen-bond acceptors (Lipinski definition) is 4. The van der Waals surface area contributed by atoms with Gasteiger partial charge in [0.1, 0.15) is 0 Å². The fraction of sp³-hybridized carbons (Fsp3) is 0.429. The molecule has 2 rings (SSSR count). The number of rotatable bonds is 0. The van der Waals surface area contributed by atoms with Crippen LogP contribution in [0.5, 0.6) is 0 Å². The molecule has 2 heterocycles. The summed E-state index contributed by atoms with van der Waals surface area (Å²) >= 11 is 1.49. The van der Waals surface area contributed by atoms with E-state index in [1.807, 2.05) is 6.92 Å². The van der Waals surface area contributed by atoms with Crippen LogP contribution >= 0.6 is 11.8 Å². The van der Waals surface area contributed by atoms with E-state index < -0.39 is 11.4 Å². The summed E-state index contributed by atoms with van der Waals surface area (Å²) in [6, 6.07) is 0. The van der Waals surface area contributed by atoms with Gasteiger partial charge in [0.05, 0.1) is 10.6 Å². The molecule has 0 aromatic carbocycles. The van der Waals surface area contributed by atoms with Crippen LogP contribution in [0.15, 0.2) is 19.0 Å². The van der Waals surface area contributed by atoms with Crippen molar-refractivity contribution >= 4 is 11.8 Å². The van der Waals surface area contributed by atoms with Crippen LogP contribution in [0.2, 0.25) is 0 Å². The van der Waals surface area contributed by atoms with E-state index in [0.717, 1.165) is 5.75 Å². The number of H-pyrrole nitrogens is 1. The lowest BCUT2D eigenvalue weighted by atomic mass is 10.1. The average molecular weight is 185 g/mol. The van der Waals surface area contributed by atoms with E-state index in [0.29, 0.717) is 10.6 Å². The van der Waals surface area contributed by atoms with E-state index in [9.17, 15) is 9.59 Å². The van der Waals surface area contributed by atoms with Crippen molar-refractivity contribution in [1.29, 1.82) is 0 Å². The SMILES string of the molecule is CC1CSc2[nH]c(=O)oc(=O)c21. The van der Waals surface area contributed by atoms with Crippen molar-refractivity contribution in [1.82, 2.24) is 4.98 Å². The fourth-order valence-electron chi connectivity index (χ4n) is 1.25. The van der Waals surface area contributed by atoms with Gasteiger partial charge in [-0.15, -0.1) is 11.8 Å². The first-order valence-electron chi connectivity index (χ1n) is 3.58. The van der Waals surface area contributed by atoms with Gasteiger partial charge in [0, 0.05) is 11.7 Å². The van der Waals surface area contributed by atoms with Crippen molar-refractivity contribution < 1.29 is 4.42 Å². The summed E-state index contributed by atoms with van der Waals surface area (Å²) in [5.41, 5.74) is 0.117. The van der Waals surface area contributed by atoms with E-state index >= 15 is 0 Å². The Morgan fingerprint density at radius 3 is 3.08 bits per heavy atom. The standard InChI is InChI=1S/C7H7NO3S/c1-3-2-12-5-4(3)6(9)11-7(10)8-5/h3H,2H2,1H3,(H,8,10). The third kappa shape index (κ3) is 1.01. The number of thioether (sulfide) groups is 1. The van der Waals surface area contributed by atoms with Crippen LogP contribution in [0.1, 0.15) is 18.4 Å². The molecule has 0 saturated carbocycles. The molecule has 0 bridgehead atoms. The zero-order valence-corrected chi connectivity index (χ0v) is 7.23. The predicted molar refractivity (Wildman–Crippen MR) is 44.7 cm³/mol. The van der Waals surface area contributed by atoms with Crippen LogP contribution in [0.25, 0.3) is 0 Å². The Balaban J connectivity index is 2.77. The number of aromatic amines is 1. The van der Waals surface area contributed by atoms with Crippen molar-refractivity contribution in [3.05, 3.63) is 26.5 Å². The highest BCUT2D eigenvalue weighted by atomic mass is 32.2. The van der Waals surface area contributed by atoms with E-state index in [-0.39, 0.29) is 5.92 Å². The van der Waals surface area contributed by atoms with Crippen molar-refractivity contribution in [2.45, 2.75) is 17.9 Å². The van der Waals surface area contributed by atoms with Crippen LogP contribution in [-0.4, -0.2) is 10.7 Å². The topological polar surface area (TPSA) is 63.1 Å². The number of hydrogen-bond donors (Lipinski definition) is 1. The molecule has 0 fully saturated rings. The molecule has 12 heavy (non-hydrogen) atoms. The van der Waals surface area contributed by atoms with Crippen LogP contribution in [0.4, 0.5) is 0 Å². The molecule has 1 atom stereocenters. The molecule has 0 amide bonds. The van der Waals surface area contributed by atoms with Gasteiger partial charge in [-0.1, -0.05) is 6.92 Å². The molecule has 0 aliphatic carbocycles. The van der Waals surface area contributed by atoms with Crippen LogP contribution in [0, 0.1) is 0 Å². The highest BCUT2D eigenvalue weighted by molar-refractivity contribution is 7.99. The van der Waals surface area contributed by atoms with E-state index in [1.165, 1.54) is 11.8 Å². The maximum Gasteiger partial charge on any atom is 0.420 e. The lowest BCUT2D eigenvalue weighted by Crippen LogP contribution is -2.19. The van der Waals surface area contributed by atoms with Crippen molar-refractivity contribution in [3.8, 4) is 0 Å². The quantitative estimate of drug-likeness (QED) is 0.640. The Morgan fingerprint density at radius 1 is 1.58 bits per heavy atom. The zero-order chi connectivity index (χ0) is 8.72. The van der Waals surface area contributed by atoms with E-state index in [4.69, 9.17) is 0 Å². The summed E-state index contributed by atoms with van der Waals surface area (Å²) in [6.07, 6.45) is 0. The molecule has 0 radical (unpaired) electrons. The number of nitrogens with one attached hydrogen (secondary N) is 1. The third-order valence-electron chi connectivity index (χ3n) is 1.84. The normalized spacial score (nSPS) is 20.9. The van der Waals surface area contributed by atoms with E-state index in [2.05, 4.69) is 9.40 Å². The second-order valence-corrected chi connectivity index (χ2v) is 3.79. The summed E-state index contributed by atoms with van der Waals surface area (Å²) in [5.74, 6) is 0.346. The highest BCUT2D eigenvalue weighted by Crippen LogP contribution is 2.34. The van der Waals surface area contributed by atoms with Gasteiger partial charge in [-0.25, -0.2) is 9.59 Å². The predicted octanol–water partition coefficient (Wildman–Crippen LogP) is 0.537. The monoisotopic (exact) mass is 185 g/mol. The van der Waals surface area contributed by atoms with Crippen molar-refractivity contribution in [2.75, 3.05) is 5.75 Å². The summed E-state index contributed by atoms with van der Waals surface area (Å²) < 4.78 is 4.41. The zero-order valence-electron chi connectivity index (χ0n) is 6.42. The van der Waals surface area contributed by atoms with Crippen LogP contribution in [0.3, 0.4) is 0 Å². The summed E-state index contributed by atoms with van der Waals surface area (Å²) in [4.78, 5) is 24.4. The molecule has 5 heteroatoms. The second kappa shape index (κ2) is 2.52. The van der Waals surface area contributed by atoms with E-state index in [1.54, 1.807) is 0 Å². The summed E-state index contributed by atoms with van der Waals surface area (Å²) in [6.45, 7) is 1.94. The second-order valence-electron chi connectivity index (χ2n) is 2.76. The first kappa shape index (κ1) is 7.67. The summed E-state index contributed by atoms with van der Waals surface area (Å²) in [7, 11) is 0. The maximum absolute atomic E-state index is 11.1. The molecule has 4 nitrogen and oxygen atoms in total. The van der Waals surface area contributed by atoms with Crippen LogP contribution in [-0.2, 0) is 0 Å². The Kier molecular flexibility index (Phi) is 1.61. The molecular weight excluding hydrogens is 178 g/mol. The van der Waals surface area contributed by atoms with Gasteiger partial charge in [-0.2, -0.15) is 0 Å². The maximum atomic E-state index is 11.1. The highest BCUT2D eigenvalue weighted by Gasteiger charge is 2.24. The number of fused-ring (bicyclic) bond motifs is 1. The Hall–Kier alpha value is -0.970. The molecule has 1 aromatic heterocycles. The van der Waals surface area contributed by atoms with Crippen LogP contribution < -0.4 is 11.4 Å². The smallest absolute Gasteiger partial charge is 0.372 e. The molecule has 64 valence electrons. The van der Waals surface area contributed by atoms with Crippen molar-refractivity contribution in [3.63, 3.8) is 0 Å². The lowest BCUT2D eigenvalue weighted by Gasteiger charge is -1.97. The fourth-order valence-corrected chi connectivity index (χ4v) is 2.43. The first-order valence-corrected chi connectivity index (χ1v) is 4.57. The van der Waals surface area contributed by atoms with Gasteiger partial charge in [-0.3, -0.25) is 4.98 Å². The molecule has 1 N–H and O–H groups in total. The molecular formula is C7H7NO3S. The minimum atomic E-state index is -0.666. The first-order chi connectivity index (χ1) is 5.68. The third-order valence-corrected chi connectivity index (χ3v) is 3.11. The Morgan fingerprint density at radius 2 is 2.33 bits per heavy atom. The molecule has 1 unspecified atom stereocenters. The summed E-state index contributed by atoms with van der Waals surface area (Å²) in [5, 5.41) is 0.670. The Bertz CT molecular complexity index is 419. The molecule has 0 saturated heterocycles. The minimum Gasteiger partial charge on any atom is -0.372 e. The van der Waals surface area contributed by atoms with Gasteiger partial charge in [-0.05, 0) is 0 Å². The Labute approximate surface area is 72.0 Å². The largest absolute Gasteiger partial charge is 0.420 e. The van der Waals surface area contributed by atoms with Gasteiger partial charge < -0.3 is 4.42 Å². The lowest BCUT2D eigenvalue weighted by molar-refractivity contribution is 0.428. The molecule has 1 aromatic rings. The molecule has 0 spiro atoms.